The largest absolute Gasteiger partial charge is 0.468 e. The lowest BCUT2D eigenvalue weighted by Crippen LogP contribution is -2.01. The second-order valence-electron chi connectivity index (χ2n) is 2.80. The molecule has 0 saturated carbocycles. The molecule has 5 heteroatoms. The van der Waals surface area contributed by atoms with Crippen LogP contribution in [0.1, 0.15) is 0 Å². The molecule has 0 atom stereocenters. The molecule has 0 spiro atoms. The number of benzene rings is 1. The molecular weight excluding hydrogens is 204 g/mol. The SMILES string of the molecule is COCOc1cccc(S(C)(=O)=O)c1. The fourth-order valence-corrected chi connectivity index (χ4v) is 1.58. The molecular formula is C9H12O4S. The first-order valence-electron chi connectivity index (χ1n) is 3.96. The van der Waals surface area contributed by atoms with Crippen LogP contribution in [0.4, 0.5) is 0 Å². The van der Waals surface area contributed by atoms with Crippen LogP contribution in [0, 0.1) is 0 Å². The fourth-order valence-electron chi connectivity index (χ4n) is 0.922. The van der Waals surface area contributed by atoms with Crippen LogP contribution >= 0.6 is 0 Å². The first kappa shape index (κ1) is 11.0. The number of hydrogen-bond donors (Lipinski definition) is 0. The van der Waals surface area contributed by atoms with E-state index in [1.807, 2.05) is 0 Å². The van der Waals surface area contributed by atoms with E-state index in [0.717, 1.165) is 6.26 Å². The molecule has 0 aliphatic heterocycles. The Kier molecular flexibility index (Phi) is 3.49. The molecule has 1 aromatic rings. The quantitative estimate of drug-likeness (QED) is 0.706. The van der Waals surface area contributed by atoms with Crippen LogP contribution in [0.25, 0.3) is 0 Å². The normalized spacial score (nSPS) is 11.3. The van der Waals surface area contributed by atoms with Crippen molar-refractivity contribution in [2.24, 2.45) is 0 Å². The van der Waals surface area contributed by atoms with Gasteiger partial charge in [-0.15, -0.1) is 0 Å². The van der Waals surface area contributed by atoms with Gasteiger partial charge in [0.1, 0.15) is 5.75 Å². The lowest BCUT2D eigenvalue weighted by atomic mass is 10.3. The summed E-state index contributed by atoms with van der Waals surface area (Å²) in [5.74, 6) is 0.481. The van der Waals surface area contributed by atoms with Gasteiger partial charge in [0.25, 0.3) is 0 Å². The van der Waals surface area contributed by atoms with E-state index in [0.29, 0.717) is 5.75 Å². The van der Waals surface area contributed by atoms with Crippen molar-refractivity contribution in [3.8, 4) is 5.75 Å². The minimum Gasteiger partial charge on any atom is -0.468 e. The van der Waals surface area contributed by atoms with Crippen LogP contribution in [-0.2, 0) is 14.6 Å². The van der Waals surface area contributed by atoms with Gasteiger partial charge in [-0.05, 0) is 18.2 Å². The van der Waals surface area contributed by atoms with Gasteiger partial charge in [-0.2, -0.15) is 0 Å². The van der Waals surface area contributed by atoms with E-state index in [-0.39, 0.29) is 11.7 Å². The standard InChI is InChI=1S/C9H12O4S/c1-12-7-13-8-4-3-5-9(6-8)14(2,10)11/h3-6H,7H2,1-2H3. The van der Waals surface area contributed by atoms with Crippen LogP contribution in [0.15, 0.2) is 29.2 Å². The minimum atomic E-state index is -3.17. The summed E-state index contributed by atoms with van der Waals surface area (Å²) >= 11 is 0. The zero-order chi connectivity index (χ0) is 10.6. The highest BCUT2D eigenvalue weighted by atomic mass is 32.2. The summed E-state index contributed by atoms with van der Waals surface area (Å²) in [6, 6.07) is 6.29. The molecule has 0 unspecified atom stereocenters. The monoisotopic (exact) mass is 216 g/mol. The lowest BCUT2D eigenvalue weighted by molar-refractivity contribution is 0.0509. The Balaban J connectivity index is 2.90. The second kappa shape index (κ2) is 4.43. The molecule has 0 aromatic heterocycles. The smallest absolute Gasteiger partial charge is 0.188 e. The van der Waals surface area contributed by atoms with Crippen molar-refractivity contribution in [1.82, 2.24) is 0 Å². The predicted octanol–water partition coefficient (Wildman–Crippen LogP) is 1.07. The van der Waals surface area contributed by atoms with Gasteiger partial charge in [0.15, 0.2) is 16.6 Å². The lowest BCUT2D eigenvalue weighted by Gasteiger charge is -2.05. The highest BCUT2D eigenvalue weighted by molar-refractivity contribution is 7.90. The highest BCUT2D eigenvalue weighted by Gasteiger charge is 2.07. The maximum Gasteiger partial charge on any atom is 0.188 e. The first-order chi connectivity index (χ1) is 6.54. The van der Waals surface area contributed by atoms with Gasteiger partial charge in [0.05, 0.1) is 4.90 Å². The molecule has 0 saturated heterocycles. The molecule has 0 N–H and O–H groups in total. The summed E-state index contributed by atoms with van der Waals surface area (Å²) in [6.07, 6.45) is 1.16. The van der Waals surface area contributed by atoms with E-state index in [1.165, 1.54) is 19.2 Å². The zero-order valence-electron chi connectivity index (χ0n) is 8.06. The van der Waals surface area contributed by atoms with Crippen LogP contribution in [0.3, 0.4) is 0 Å². The molecule has 0 radical (unpaired) electrons. The Morgan fingerprint density at radius 3 is 2.64 bits per heavy atom. The van der Waals surface area contributed by atoms with E-state index in [9.17, 15) is 8.42 Å². The zero-order valence-corrected chi connectivity index (χ0v) is 8.87. The molecule has 0 heterocycles. The topological polar surface area (TPSA) is 52.6 Å². The predicted molar refractivity (Wildman–Crippen MR) is 52.1 cm³/mol. The minimum absolute atomic E-state index is 0.104. The van der Waals surface area contributed by atoms with Crippen molar-refractivity contribution in [1.29, 1.82) is 0 Å². The van der Waals surface area contributed by atoms with Gasteiger partial charge in [0.2, 0.25) is 0 Å². The number of hydrogen-bond acceptors (Lipinski definition) is 4. The fraction of sp³-hybridized carbons (Fsp3) is 0.333. The van der Waals surface area contributed by atoms with E-state index in [2.05, 4.69) is 0 Å². The average Bonchev–Trinajstić information content (AvgIpc) is 2.14. The van der Waals surface area contributed by atoms with E-state index in [1.54, 1.807) is 12.1 Å². The molecule has 0 bridgehead atoms. The maximum absolute atomic E-state index is 11.2. The number of rotatable bonds is 4. The van der Waals surface area contributed by atoms with Gasteiger partial charge < -0.3 is 9.47 Å². The van der Waals surface area contributed by atoms with Gasteiger partial charge in [-0.1, -0.05) is 6.07 Å². The molecule has 4 nitrogen and oxygen atoms in total. The molecule has 1 rings (SSSR count). The summed E-state index contributed by atoms with van der Waals surface area (Å²) in [5, 5.41) is 0. The van der Waals surface area contributed by atoms with Crippen molar-refractivity contribution >= 4 is 9.84 Å². The third kappa shape index (κ3) is 3.01. The Morgan fingerprint density at radius 2 is 2.07 bits per heavy atom. The van der Waals surface area contributed by atoms with Crippen molar-refractivity contribution in [3.63, 3.8) is 0 Å². The second-order valence-corrected chi connectivity index (χ2v) is 4.81. The number of methoxy groups -OCH3 is 1. The van der Waals surface area contributed by atoms with Crippen molar-refractivity contribution in [2.45, 2.75) is 4.90 Å². The van der Waals surface area contributed by atoms with Crippen molar-refractivity contribution in [3.05, 3.63) is 24.3 Å². The third-order valence-corrected chi connectivity index (χ3v) is 2.69. The Morgan fingerprint density at radius 1 is 1.36 bits per heavy atom. The summed E-state index contributed by atoms with van der Waals surface area (Å²) in [6.45, 7) is 0.104. The Bertz CT molecular complexity index is 397. The van der Waals surface area contributed by atoms with Crippen LogP contribution in [-0.4, -0.2) is 28.6 Å². The number of sulfone groups is 1. The summed E-state index contributed by atoms with van der Waals surface area (Å²) in [7, 11) is -1.67. The van der Waals surface area contributed by atoms with E-state index >= 15 is 0 Å². The molecule has 0 aliphatic rings. The Labute approximate surface area is 83.4 Å². The summed E-state index contributed by atoms with van der Waals surface area (Å²) in [4.78, 5) is 0.242. The van der Waals surface area contributed by atoms with Crippen LogP contribution in [0.5, 0.6) is 5.75 Å². The van der Waals surface area contributed by atoms with E-state index < -0.39 is 9.84 Å². The van der Waals surface area contributed by atoms with Crippen LogP contribution in [0.2, 0.25) is 0 Å². The third-order valence-electron chi connectivity index (χ3n) is 1.58. The summed E-state index contributed by atoms with van der Waals surface area (Å²) in [5.41, 5.74) is 0. The molecule has 78 valence electrons. The Hall–Kier alpha value is -1.07. The average molecular weight is 216 g/mol. The van der Waals surface area contributed by atoms with Crippen LogP contribution < -0.4 is 4.74 Å². The van der Waals surface area contributed by atoms with Crippen molar-refractivity contribution < 1.29 is 17.9 Å². The first-order valence-corrected chi connectivity index (χ1v) is 5.85. The van der Waals surface area contributed by atoms with Gasteiger partial charge in [0, 0.05) is 13.4 Å². The molecule has 0 aliphatic carbocycles. The van der Waals surface area contributed by atoms with Gasteiger partial charge >= 0.3 is 0 Å². The molecule has 1 aromatic carbocycles. The molecule has 0 fully saturated rings. The van der Waals surface area contributed by atoms with Gasteiger partial charge in [-0.25, -0.2) is 8.42 Å². The number of ether oxygens (including phenoxy) is 2. The molecule has 14 heavy (non-hydrogen) atoms. The summed E-state index contributed by atoms with van der Waals surface area (Å²) < 4.78 is 32.1. The highest BCUT2D eigenvalue weighted by Crippen LogP contribution is 2.16. The van der Waals surface area contributed by atoms with Crippen molar-refractivity contribution in [2.75, 3.05) is 20.2 Å². The van der Waals surface area contributed by atoms with Gasteiger partial charge in [-0.3, -0.25) is 0 Å². The van der Waals surface area contributed by atoms with E-state index in [4.69, 9.17) is 9.47 Å². The maximum atomic E-state index is 11.2. The molecule has 0 amide bonds.